The van der Waals surface area contributed by atoms with Crippen LogP contribution in [0.2, 0.25) is 0 Å². The maximum atomic E-state index is 10.4. The minimum atomic E-state index is -0.760. The summed E-state index contributed by atoms with van der Waals surface area (Å²) in [6, 6.07) is 0. The minimum absolute atomic E-state index is 0.0126. The van der Waals surface area contributed by atoms with Crippen LogP contribution in [0.5, 0.6) is 0 Å². The lowest BCUT2D eigenvalue weighted by molar-refractivity contribution is -0.140. The second-order valence-electron chi connectivity index (χ2n) is 4.73. The summed E-state index contributed by atoms with van der Waals surface area (Å²) in [7, 11) is 0. The Morgan fingerprint density at radius 1 is 1.44 bits per heavy atom. The van der Waals surface area contributed by atoms with Crippen LogP contribution >= 0.6 is 0 Å². The Morgan fingerprint density at radius 2 is 2.00 bits per heavy atom. The Balaban J connectivity index is 2.27. The second kappa shape index (κ2) is 6.21. The van der Waals surface area contributed by atoms with E-state index in [-0.39, 0.29) is 30.8 Å². The van der Waals surface area contributed by atoms with Crippen LogP contribution in [-0.4, -0.2) is 35.5 Å². The molecule has 4 heteroatoms. The molecule has 1 fully saturated rings. The van der Waals surface area contributed by atoms with Gasteiger partial charge in [0, 0.05) is 6.42 Å². The van der Waals surface area contributed by atoms with Gasteiger partial charge in [-0.15, -0.1) is 0 Å². The molecule has 0 aromatic carbocycles. The monoisotopic (exact) mass is 230 g/mol. The third kappa shape index (κ3) is 4.94. The molecule has 1 rings (SSSR count). The van der Waals surface area contributed by atoms with Gasteiger partial charge in [-0.1, -0.05) is 0 Å². The van der Waals surface area contributed by atoms with Gasteiger partial charge in [0.25, 0.3) is 0 Å². The van der Waals surface area contributed by atoms with Crippen LogP contribution in [0, 0.1) is 0 Å². The van der Waals surface area contributed by atoms with Crippen LogP contribution in [0.15, 0.2) is 0 Å². The Kier molecular flexibility index (Phi) is 5.22. The zero-order valence-corrected chi connectivity index (χ0v) is 10.3. The fourth-order valence-electron chi connectivity index (χ4n) is 2.18. The first-order valence-corrected chi connectivity index (χ1v) is 6.00. The van der Waals surface area contributed by atoms with E-state index < -0.39 is 5.97 Å². The summed E-state index contributed by atoms with van der Waals surface area (Å²) in [6.45, 7) is 6.04. The van der Waals surface area contributed by atoms with Crippen LogP contribution in [0.25, 0.3) is 0 Å². The fraction of sp³-hybridized carbons (Fsp3) is 0.917. The van der Waals surface area contributed by atoms with Crippen molar-refractivity contribution >= 4 is 5.97 Å². The number of hydrogen-bond acceptors (Lipinski definition) is 3. The summed E-state index contributed by atoms with van der Waals surface area (Å²) >= 11 is 0. The Morgan fingerprint density at radius 3 is 2.50 bits per heavy atom. The van der Waals surface area contributed by atoms with Crippen molar-refractivity contribution in [2.24, 2.45) is 0 Å². The molecule has 0 spiro atoms. The molecule has 4 nitrogen and oxygen atoms in total. The average molecular weight is 230 g/mol. The van der Waals surface area contributed by atoms with E-state index >= 15 is 0 Å². The third-order valence-corrected chi connectivity index (χ3v) is 2.84. The van der Waals surface area contributed by atoms with Gasteiger partial charge in [0.1, 0.15) is 0 Å². The lowest BCUT2D eigenvalue weighted by atomic mass is 10.0. The molecule has 16 heavy (non-hydrogen) atoms. The molecule has 0 saturated carbocycles. The number of aliphatic carboxylic acids is 1. The topological polar surface area (TPSA) is 55.8 Å². The van der Waals surface area contributed by atoms with Crippen LogP contribution in [0.4, 0.5) is 0 Å². The summed E-state index contributed by atoms with van der Waals surface area (Å²) < 4.78 is 11.5. The molecule has 1 saturated heterocycles. The van der Waals surface area contributed by atoms with Crippen LogP contribution < -0.4 is 0 Å². The minimum Gasteiger partial charge on any atom is -0.481 e. The SMILES string of the molecule is CC1CC(OC(C)CCC(=O)O)CC(C)O1. The van der Waals surface area contributed by atoms with E-state index in [9.17, 15) is 4.79 Å². The van der Waals surface area contributed by atoms with Crippen LogP contribution in [0.1, 0.15) is 46.5 Å². The molecule has 1 heterocycles. The number of carboxylic acid groups (broad SMARTS) is 1. The zero-order chi connectivity index (χ0) is 12.1. The highest BCUT2D eigenvalue weighted by Gasteiger charge is 2.26. The van der Waals surface area contributed by atoms with Crippen molar-refractivity contribution in [3.63, 3.8) is 0 Å². The lowest BCUT2D eigenvalue weighted by Crippen LogP contribution is -2.35. The highest BCUT2D eigenvalue weighted by molar-refractivity contribution is 5.66. The van der Waals surface area contributed by atoms with Gasteiger partial charge in [-0.05, 0) is 40.0 Å². The van der Waals surface area contributed by atoms with Gasteiger partial charge in [0.2, 0.25) is 0 Å². The summed E-state index contributed by atoms with van der Waals surface area (Å²) in [5, 5.41) is 8.58. The van der Waals surface area contributed by atoms with E-state index in [1.807, 2.05) is 20.8 Å². The van der Waals surface area contributed by atoms with Gasteiger partial charge < -0.3 is 14.6 Å². The molecule has 0 aromatic heterocycles. The summed E-state index contributed by atoms with van der Waals surface area (Å²) in [4.78, 5) is 10.4. The molecule has 1 aliphatic rings. The molecule has 3 unspecified atom stereocenters. The molecule has 0 aromatic rings. The van der Waals surface area contributed by atoms with Crippen molar-refractivity contribution in [1.82, 2.24) is 0 Å². The van der Waals surface area contributed by atoms with Crippen molar-refractivity contribution in [2.45, 2.75) is 70.9 Å². The Labute approximate surface area is 96.9 Å². The second-order valence-corrected chi connectivity index (χ2v) is 4.73. The van der Waals surface area contributed by atoms with Crippen LogP contribution in [-0.2, 0) is 14.3 Å². The maximum Gasteiger partial charge on any atom is 0.303 e. The molecule has 1 N–H and O–H groups in total. The van der Waals surface area contributed by atoms with Crippen molar-refractivity contribution < 1.29 is 19.4 Å². The van der Waals surface area contributed by atoms with Gasteiger partial charge >= 0.3 is 5.97 Å². The number of ether oxygens (including phenoxy) is 2. The Bertz CT molecular complexity index is 219. The van der Waals surface area contributed by atoms with E-state index in [4.69, 9.17) is 14.6 Å². The van der Waals surface area contributed by atoms with Gasteiger partial charge in [-0.25, -0.2) is 0 Å². The van der Waals surface area contributed by atoms with E-state index in [0.717, 1.165) is 12.8 Å². The lowest BCUT2D eigenvalue weighted by Gasteiger charge is -2.33. The molecule has 94 valence electrons. The molecule has 0 bridgehead atoms. The summed E-state index contributed by atoms with van der Waals surface area (Å²) in [5.41, 5.74) is 0. The van der Waals surface area contributed by atoms with E-state index in [0.29, 0.717) is 6.42 Å². The van der Waals surface area contributed by atoms with Crippen molar-refractivity contribution in [3.8, 4) is 0 Å². The fourth-order valence-corrected chi connectivity index (χ4v) is 2.18. The third-order valence-electron chi connectivity index (χ3n) is 2.84. The van der Waals surface area contributed by atoms with Gasteiger partial charge in [-0.2, -0.15) is 0 Å². The largest absolute Gasteiger partial charge is 0.481 e. The van der Waals surface area contributed by atoms with Gasteiger partial charge in [0.05, 0.1) is 24.4 Å². The Hall–Kier alpha value is -0.610. The molecule has 0 radical (unpaired) electrons. The highest BCUT2D eigenvalue weighted by atomic mass is 16.5. The first-order valence-electron chi connectivity index (χ1n) is 6.00. The maximum absolute atomic E-state index is 10.4. The number of carboxylic acids is 1. The normalized spacial score (nSPS) is 32.3. The first-order chi connectivity index (χ1) is 7.47. The molecule has 3 atom stereocenters. The molecule has 0 aliphatic carbocycles. The van der Waals surface area contributed by atoms with Crippen molar-refractivity contribution in [2.75, 3.05) is 0 Å². The summed E-state index contributed by atoms with van der Waals surface area (Å²) in [5.74, 6) is -0.760. The standard InChI is InChI=1S/C12H22O4/c1-8(4-5-12(13)14)16-11-6-9(2)15-10(3)7-11/h8-11H,4-7H2,1-3H3,(H,13,14). The average Bonchev–Trinajstić information content (AvgIpc) is 2.12. The van der Waals surface area contributed by atoms with Gasteiger partial charge in [0.15, 0.2) is 0 Å². The first kappa shape index (κ1) is 13.5. The number of carbonyl (C=O) groups is 1. The molecule has 1 aliphatic heterocycles. The van der Waals surface area contributed by atoms with Gasteiger partial charge in [-0.3, -0.25) is 4.79 Å². The molecule has 0 amide bonds. The van der Waals surface area contributed by atoms with Crippen molar-refractivity contribution in [3.05, 3.63) is 0 Å². The number of hydrogen-bond donors (Lipinski definition) is 1. The quantitative estimate of drug-likeness (QED) is 0.786. The van der Waals surface area contributed by atoms with Crippen molar-refractivity contribution in [1.29, 1.82) is 0 Å². The van der Waals surface area contributed by atoms with E-state index in [1.165, 1.54) is 0 Å². The van der Waals surface area contributed by atoms with Crippen LogP contribution in [0.3, 0.4) is 0 Å². The zero-order valence-electron chi connectivity index (χ0n) is 10.3. The smallest absolute Gasteiger partial charge is 0.303 e. The molecular weight excluding hydrogens is 208 g/mol. The predicted molar refractivity (Wildman–Crippen MR) is 60.4 cm³/mol. The molecular formula is C12H22O4. The highest BCUT2D eigenvalue weighted by Crippen LogP contribution is 2.23. The number of rotatable bonds is 5. The van der Waals surface area contributed by atoms with E-state index in [1.54, 1.807) is 0 Å². The predicted octanol–water partition coefficient (Wildman–Crippen LogP) is 2.21. The van der Waals surface area contributed by atoms with E-state index in [2.05, 4.69) is 0 Å². The summed E-state index contributed by atoms with van der Waals surface area (Å²) in [6.07, 6.45) is 3.26.